The summed E-state index contributed by atoms with van der Waals surface area (Å²) in [6.45, 7) is 2.43. The van der Waals surface area contributed by atoms with Crippen LogP contribution >= 0.6 is 11.3 Å². The second-order valence-corrected chi connectivity index (χ2v) is 7.52. The van der Waals surface area contributed by atoms with Crippen molar-refractivity contribution in [3.63, 3.8) is 0 Å². The van der Waals surface area contributed by atoms with Gasteiger partial charge in [-0.15, -0.1) is 11.3 Å². The van der Waals surface area contributed by atoms with Crippen molar-refractivity contribution in [3.8, 4) is 16.5 Å². The molecular formula is C21H20N6OS. The molecule has 4 rings (SSSR count). The average Bonchev–Trinajstić information content (AvgIpc) is 3.42. The van der Waals surface area contributed by atoms with Gasteiger partial charge in [0.2, 0.25) is 0 Å². The molecule has 0 N–H and O–H groups in total. The Morgan fingerprint density at radius 2 is 2.03 bits per heavy atom. The number of carbonyl (C=O) groups excluding carboxylic acids is 1. The number of rotatable bonds is 6. The minimum absolute atomic E-state index is 0.0842. The highest BCUT2D eigenvalue weighted by atomic mass is 32.1. The summed E-state index contributed by atoms with van der Waals surface area (Å²) in [6, 6.07) is 11.6. The number of likely N-dealkylation sites (N-methyl/N-ethyl adjacent to an activating group) is 1. The molecule has 0 saturated heterocycles. The van der Waals surface area contributed by atoms with Gasteiger partial charge in [-0.1, -0.05) is 12.1 Å². The van der Waals surface area contributed by atoms with Gasteiger partial charge in [-0.05, 0) is 36.6 Å². The van der Waals surface area contributed by atoms with Gasteiger partial charge >= 0.3 is 0 Å². The normalized spacial score (nSPS) is 10.8. The van der Waals surface area contributed by atoms with Crippen molar-refractivity contribution in [2.45, 2.75) is 13.3 Å². The number of aromatic nitrogens is 5. The third-order valence-corrected chi connectivity index (χ3v) is 5.51. The fourth-order valence-electron chi connectivity index (χ4n) is 2.97. The molecule has 4 aromatic heterocycles. The van der Waals surface area contributed by atoms with Crippen molar-refractivity contribution >= 4 is 17.2 Å². The zero-order valence-corrected chi connectivity index (χ0v) is 17.0. The summed E-state index contributed by atoms with van der Waals surface area (Å²) < 4.78 is 1.61. The molecule has 0 bridgehead atoms. The molecule has 0 aliphatic heterocycles. The fraction of sp³-hybridized carbons (Fsp3) is 0.190. The van der Waals surface area contributed by atoms with Crippen molar-refractivity contribution in [1.82, 2.24) is 29.6 Å². The Balaban J connectivity index is 1.52. The Bertz CT molecular complexity index is 1110. The molecule has 0 saturated carbocycles. The largest absolute Gasteiger partial charge is 0.341 e. The summed E-state index contributed by atoms with van der Waals surface area (Å²) in [5, 5.41) is 6.37. The van der Waals surface area contributed by atoms with Gasteiger partial charge in [0.15, 0.2) is 0 Å². The average molecular weight is 404 g/mol. The highest BCUT2D eigenvalue weighted by Crippen LogP contribution is 2.23. The summed E-state index contributed by atoms with van der Waals surface area (Å²) in [5.74, 6) is 0.364. The van der Waals surface area contributed by atoms with Crippen LogP contribution in [0.1, 0.15) is 21.7 Å². The molecule has 0 spiro atoms. The summed E-state index contributed by atoms with van der Waals surface area (Å²) >= 11 is 1.62. The lowest BCUT2D eigenvalue weighted by molar-refractivity contribution is 0.0795. The van der Waals surface area contributed by atoms with Crippen LogP contribution in [0, 0.1) is 6.92 Å². The van der Waals surface area contributed by atoms with Crippen LogP contribution in [-0.2, 0) is 6.42 Å². The smallest absolute Gasteiger partial charge is 0.257 e. The van der Waals surface area contributed by atoms with Gasteiger partial charge in [-0.25, -0.2) is 14.6 Å². The van der Waals surface area contributed by atoms with Crippen molar-refractivity contribution in [2.24, 2.45) is 0 Å². The topological polar surface area (TPSA) is 76.8 Å². The van der Waals surface area contributed by atoms with Crippen molar-refractivity contribution < 1.29 is 4.79 Å². The summed E-state index contributed by atoms with van der Waals surface area (Å²) in [4.78, 5) is 28.9. The predicted octanol–water partition coefficient (Wildman–Crippen LogP) is 3.41. The first-order valence-corrected chi connectivity index (χ1v) is 10.1. The molecule has 0 aliphatic rings. The third-order valence-electron chi connectivity index (χ3n) is 4.62. The van der Waals surface area contributed by atoms with Gasteiger partial charge < -0.3 is 4.90 Å². The van der Waals surface area contributed by atoms with Crippen LogP contribution in [0.5, 0.6) is 0 Å². The van der Waals surface area contributed by atoms with E-state index in [1.807, 2.05) is 48.7 Å². The monoisotopic (exact) mass is 404 g/mol. The zero-order chi connectivity index (χ0) is 20.2. The Labute approximate surface area is 172 Å². The highest BCUT2D eigenvalue weighted by molar-refractivity contribution is 7.13. The molecular weight excluding hydrogens is 384 g/mol. The van der Waals surface area contributed by atoms with E-state index in [0.29, 0.717) is 30.2 Å². The Morgan fingerprint density at radius 3 is 2.79 bits per heavy atom. The molecule has 4 aromatic rings. The molecule has 0 radical (unpaired) electrons. The molecule has 0 aliphatic carbocycles. The molecule has 7 nitrogen and oxygen atoms in total. The lowest BCUT2D eigenvalue weighted by atomic mass is 10.2. The SMILES string of the molecule is Cc1c(C(=O)N(C)CCc2ccccn2)cnn1-c1nccc(-c2cccs2)n1. The van der Waals surface area contributed by atoms with E-state index in [2.05, 4.69) is 20.1 Å². The van der Waals surface area contributed by atoms with E-state index in [-0.39, 0.29) is 5.91 Å². The minimum atomic E-state index is -0.0842. The van der Waals surface area contributed by atoms with Crippen molar-refractivity contribution in [2.75, 3.05) is 13.6 Å². The zero-order valence-electron chi connectivity index (χ0n) is 16.2. The molecule has 4 heterocycles. The summed E-state index contributed by atoms with van der Waals surface area (Å²) in [6.07, 6.45) is 5.74. The molecule has 0 unspecified atom stereocenters. The summed E-state index contributed by atoms with van der Waals surface area (Å²) in [7, 11) is 1.79. The van der Waals surface area contributed by atoms with Gasteiger partial charge in [-0.2, -0.15) is 5.10 Å². The maximum absolute atomic E-state index is 12.9. The van der Waals surface area contributed by atoms with Crippen LogP contribution < -0.4 is 0 Å². The van der Waals surface area contributed by atoms with E-state index >= 15 is 0 Å². The standard InChI is InChI=1S/C21H20N6OS/c1-15-17(20(28)26(2)12-9-16-6-3-4-10-22-16)14-24-27(15)21-23-11-8-18(25-21)19-7-5-13-29-19/h3-8,10-11,13-14H,9,12H2,1-2H3. The van der Waals surface area contributed by atoms with Crippen LogP contribution in [0.15, 0.2) is 60.4 Å². The van der Waals surface area contributed by atoms with E-state index in [0.717, 1.165) is 16.3 Å². The number of hydrogen-bond donors (Lipinski definition) is 0. The number of amides is 1. The van der Waals surface area contributed by atoms with Gasteiger partial charge in [0, 0.05) is 38.1 Å². The summed E-state index contributed by atoms with van der Waals surface area (Å²) in [5.41, 5.74) is 3.04. The van der Waals surface area contributed by atoms with E-state index in [1.165, 1.54) is 0 Å². The quantitative estimate of drug-likeness (QED) is 0.492. The molecule has 0 atom stereocenters. The van der Waals surface area contributed by atoms with Gasteiger partial charge in [0.05, 0.1) is 28.0 Å². The van der Waals surface area contributed by atoms with Gasteiger partial charge in [-0.3, -0.25) is 9.78 Å². The first-order valence-electron chi connectivity index (χ1n) is 9.21. The van der Waals surface area contributed by atoms with E-state index in [9.17, 15) is 4.79 Å². The van der Waals surface area contributed by atoms with Crippen LogP contribution in [0.2, 0.25) is 0 Å². The number of pyridine rings is 1. The van der Waals surface area contributed by atoms with E-state index < -0.39 is 0 Å². The fourth-order valence-corrected chi connectivity index (χ4v) is 3.66. The van der Waals surface area contributed by atoms with Crippen molar-refractivity contribution in [1.29, 1.82) is 0 Å². The maximum Gasteiger partial charge on any atom is 0.257 e. The lowest BCUT2D eigenvalue weighted by Gasteiger charge is -2.16. The Kier molecular flexibility index (Phi) is 5.44. The second-order valence-electron chi connectivity index (χ2n) is 6.57. The first-order chi connectivity index (χ1) is 14.1. The number of carbonyl (C=O) groups is 1. The molecule has 0 aromatic carbocycles. The van der Waals surface area contributed by atoms with Gasteiger partial charge in [0.25, 0.3) is 11.9 Å². The number of hydrogen-bond acceptors (Lipinski definition) is 6. The van der Waals surface area contributed by atoms with E-state index in [1.54, 1.807) is 46.6 Å². The Hall–Kier alpha value is -3.39. The van der Waals surface area contributed by atoms with Crippen LogP contribution in [0.25, 0.3) is 16.5 Å². The number of nitrogens with zero attached hydrogens (tertiary/aromatic N) is 6. The van der Waals surface area contributed by atoms with Crippen LogP contribution in [0.4, 0.5) is 0 Å². The second kappa shape index (κ2) is 8.32. The van der Waals surface area contributed by atoms with Crippen LogP contribution in [-0.4, -0.2) is 49.1 Å². The minimum Gasteiger partial charge on any atom is -0.341 e. The highest BCUT2D eigenvalue weighted by Gasteiger charge is 2.20. The Morgan fingerprint density at radius 1 is 1.14 bits per heavy atom. The maximum atomic E-state index is 12.9. The number of thiophene rings is 1. The molecule has 29 heavy (non-hydrogen) atoms. The van der Waals surface area contributed by atoms with Crippen LogP contribution in [0.3, 0.4) is 0 Å². The van der Waals surface area contributed by atoms with Gasteiger partial charge in [0.1, 0.15) is 0 Å². The third kappa shape index (κ3) is 4.07. The molecule has 0 fully saturated rings. The predicted molar refractivity (Wildman–Crippen MR) is 112 cm³/mol. The first kappa shape index (κ1) is 18.9. The van der Waals surface area contributed by atoms with E-state index in [4.69, 9.17) is 0 Å². The lowest BCUT2D eigenvalue weighted by Crippen LogP contribution is -2.29. The molecule has 146 valence electrons. The molecule has 1 amide bonds. The molecule has 8 heteroatoms. The van der Waals surface area contributed by atoms with Crippen molar-refractivity contribution in [3.05, 3.63) is 77.3 Å².